The fourth-order valence-electron chi connectivity index (χ4n) is 3.14. The van der Waals surface area contributed by atoms with Gasteiger partial charge in [0.15, 0.2) is 0 Å². The van der Waals surface area contributed by atoms with Gasteiger partial charge in [-0.05, 0) is 49.6 Å². The van der Waals surface area contributed by atoms with E-state index in [9.17, 15) is 4.79 Å². The van der Waals surface area contributed by atoms with Crippen molar-refractivity contribution >= 4 is 23.6 Å². The van der Waals surface area contributed by atoms with E-state index in [4.69, 9.17) is 11.6 Å². The van der Waals surface area contributed by atoms with Crippen LogP contribution in [-0.2, 0) is 4.79 Å². The van der Waals surface area contributed by atoms with Crippen molar-refractivity contribution in [3.8, 4) is 0 Å². The molecule has 3 heterocycles. The van der Waals surface area contributed by atoms with Crippen LogP contribution in [0.2, 0.25) is 5.02 Å². The third-order valence-corrected chi connectivity index (χ3v) is 4.65. The molecule has 0 aliphatic carbocycles. The van der Waals surface area contributed by atoms with Gasteiger partial charge in [0.25, 0.3) is 0 Å². The van der Waals surface area contributed by atoms with Crippen LogP contribution in [-0.4, -0.2) is 36.5 Å². The fourth-order valence-corrected chi connectivity index (χ4v) is 3.33. The highest BCUT2D eigenvalue weighted by Gasteiger charge is 2.34. The number of carbonyl (C=O) groups is 1. The number of carbonyl (C=O) groups excluding carboxylic acids is 1. The number of hydrogen-bond donors (Lipinski definition) is 1. The highest BCUT2D eigenvalue weighted by molar-refractivity contribution is 6.32. The van der Waals surface area contributed by atoms with Crippen molar-refractivity contribution in [3.63, 3.8) is 0 Å². The Balaban J connectivity index is 1.59. The summed E-state index contributed by atoms with van der Waals surface area (Å²) in [5, 5.41) is 3.80. The molecule has 1 aromatic rings. The van der Waals surface area contributed by atoms with Crippen LogP contribution < -0.4 is 5.32 Å². The Bertz CT molecular complexity index is 521. The van der Waals surface area contributed by atoms with E-state index >= 15 is 0 Å². The maximum Gasteiger partial charge on any atom is 0.244 e. The van der Waals surface area contributed by atoms with Gasteiger partial charge < -0.3 is 10.2 Å². The summed E-state index contributed by atoms with van der Waals surface area (Å²) < 4.78 is 0. The number of benzene rings is 1. The molecule has 4 rings (SSSR count). The summed E-state index contributed by atoms with van der Waals surface area (Å²) >= 11 is 6.06. The molecule has 2 bridgehead atoms. The van der Waals surface area contributed by atoms with E-state index in [1.54, 1.807) is 12.2 Å². The first-order valence-corrected chi connectivity index (χ1v) is 7.55. The van der Waals surface area contributed by atoms with Crippen molar-refractivity contribution in [2.75, 3.05) is 19.6 Å². The first kappa shape index (κ1) is 13.7. The van der Waals surface area contributed by atoms with Crippen LogP contribution in [0, 0.1) is 5.92 Å². The van der Waals surface area contributed by atoms with Crippen LogP contribution in [0.1, 0.15) is 18.4 Å². The molecule has 3 nitrogen and oxygen atoms in total. The standard InChI is InChI=1S/C16H19ClN2O/c17-14-4-2-1-3-12(14)5-6-16(20)18-15-11-19-9-7-13(15)8-10-19/h1-6,13,15H,7-11H2,(H,18,20)/t15-/m0/s1. The van der Waals surface area contributed by atoms with E-state index < -0.39 is 0 Å². The topological polar surface area (TPSA) is 32.3 Å². The molecule has 1 atom stereocenters. The summed E-state index contributed by atoms with van der Waals surface area (Å²) in [7, 11) is 0. The first-order valence-electron chi connectivity index (χ1n) is 7.18. The van der Waals surface area contributed by atoms with Crippen molar-refractivity contribution in [1.82, 2.24) is 10.2 Å². The molecule has 1 N–H and O–H groups in total. The average molecular weight is 291 g/mol. The summed E-state index contributed by atoms with van der Waals surface area (Å²) in [6.45, 7) is 3.37. The van der Waals surface area contributed by atoms with Gasteiger partial charge in [0, 0.05) is 23.7 Å². The smallest absolute Gasteiger partial charge is 0.244 e. The zero-order chi connectivity index (χ0) is 13.9. The summed E-state index contributed by atoms with van der Waals surface area (Å²) in [4.78, 5) is 14.4. The molecule has 4 heteroatoms. The number of rotatable bonds is 3. The number of fused-ring (bicyclic) bond motifs is 3. The van der Waals surface area contributed by atoms with Crippen molar-refractivity contribution < 1.29 is 4.79 Å². The molecule has 20 heavy (non-hydrogen) atoms. The number of nitrogens with zero attached hydrogens (tertiary/aromatic N) is 1. The minimum atomic E-state index is -0.0244. The van der Waals surface area contributed by atoms with Crippen LogP contribution in [0.5, 0.6) is 0 Å². The van der Waals surface area contributed by atoms with E-state index in [0.29, 0.717) is 17.0 Å². The zero-order valence-electron chi connectivity index (χ0n) is 11.4. The number of nitrogens with one attached hydrogen (secondary N) is 1. The lowest BCUT2D eigenvalue weighted by atomic mass is 9.84. The fraction of sp³-hybridized carbons (Fsp3) is 0.438. The molecule has 1 aromatic carbocycles. The van der Waals surface area contributed by atoms with E-state index in [-0.39, 0.29) is 5.91 Å². The molecule has 3 aliphatic rings. The predicted octanol–water partition coefficient (Wildman–Crippen LogP) is 2.56. The van der Waals surface area contributed by atoms with Gasteiger partial charge in [-0.25, -0.2) is 0 Å². The second-order valence-corrected chi connectivity index (χ2v) is 6.02. The van der Waals surface area contributed by atoms with Gasteiger partial charge in [-0.3, -0.25) is 4.79 Å². The quantitative estimate of drug-likeness (QED) is 0.868. The molecule has 3 saturated heterocycles. The molecular formula is C16H19ClN2O. The molecule has 0 unspecified atom stereocenters. The highest BCUT2D eigenvalue weighted by Crippen LogP contribution is 2.27. The van der Waals surface area contributed by atoms with Gasteiger partial charge in [-0.2, -0.15) is 0 Å². The largest absolute Gasteiger partial charge is 0.348 e. The lowest BCUT2D eigenvalue weighted by molar-refractivity contribution is -0.118. The second kappa shape index (κ2) is 5.98. The van der Waals surface area contributed by atoms with Crippen LogP contribution in [0.3, 0.4) is 0 Å². The summed E-state index contributed by atoms with van der Waals surface area (Å²) in [5.41, 5.74) is 0.873. The van der Waals surface area contributed by atoms with Crippen molar-refractivity contribution in [2.45, 2.75) is 18.9 Å². The molecule has 0 spiro atoms. The Morgan fingerprint density at radius 1 is 1.30 bits per heavy atom. The van der Waals surface area contributed by atoms with Crippen LogP contribution >= 0.6 is 11.6 Å². The molecule has 106 valence electrons. The Morgan fingerprint density at radius 3 is 2.70 bits per heavy atom. The summed E-state index contributed by atoms with van der Waals surface area (Å²) in [6.07, 6.45) is 5.77. The average Bonchev–Trinajstić information content (AvgIpc) is 2.48. The minimum absolute atomic E-state index is 0.0244. The van der Waals surface area contributed by atoms with E-state index in [0.717, 1.165) is 12.1 Å². The van der Waals surface area contributed by atoms with Gasteiger partial charge in [-0.15, -0.1) is 0 Å². The SMILES string of the molecule is O=C(C=Cc1ccccc1Cl)N[C@H]1CN2CCC1CC2. The zero-order valence-corrected chi connectivity index (χ0v) is 12.1. The third kappa shape index (κ3) is 3.05. The lowest BCUT2D eigenvalue weighted by Gasteiger charge is -2.44. The molecule has 3 fully saturated rings. The maximum atomic E-state index is 12.0. The first-order chi connectivity index (χ1) is 9.72. The molecular weight excluding hydrogens is 272 g/mol. The summed E-state index contributed by atoms with van der Waals surface area (Å²) in [6, 6.07) is 7.83. The monoisotopic (exact) mass is 290 g/mol. The van der Waals surface area contributed by atoms with E-state index in [1.807, 2.05) is 24.3 Å². The van der Waals surface area contributed by atoms with Gasteiger partial charge >= 0.3 is 0 Å². The Labute approximate surface area is 124 Å². The van der Waals surface area contributed by atoms with Gasteiger partial charge in [0.05, 0.1) is 0 Å². The van der Waals surface area contributed by atoms with Gasteiger partial charge in [0.2, 0.25) is 5.91 Å². The van der Waals surface area contributed by atoms with Gasteiger partial charge in [-0.1, -0.05) is 29.8 Å². The third-order valence-electron chi connectivity index (χ3n) is 4.30. The Kier molecular flexibility index (Phi) is 4.08. The lowest BCUT2D eigenvalue weighted by Crippen LogP contribution is -2.57. The van der Waals surface area contributed by atoms with E-state index in [2.05, 4.69) is 10.2 Å². The van der Waals surface area contributed by atoms with Crippen LogP contribution in [0.25, 0.3) is 6.08 Å². The predicted molar refractivity (Wildman–Crippen MR) is 81.6 cm³/mol. The van der Waals surface area contributed by atoms with Crippen molar-refractivity contribution in [1.29, 1.82) is 0 Å². The van der Waals surface area contributed by atoms with Crippen molar-refractivity contribution in [3.05, 3.63) is 40.9 Å². The maximum absolute atomic E-state index is 12.0. The van der Waals surface area contributed by atoms with Crippen LogP contribution in [0.4, 0.5) is 0 Å². The number of halogens is 1. The minimum Gasteiger partial charge on any atom is -0.348 e. The molecule has 0 aromatic heterocycles. The molecule has 3 aliphatic heterocycles. The highest BCUT2D eigenvalue weighted by atomic mass is 35.5. The van der Waals surface area contributed by atoms with E-state index in [1.165, 1.54) is 25.9 Å². The number of amides is 1. The number of piperidine rings is 3. The molecule has 1 amide bonds. The Morgan fingerprint density at radius 2 is 2.05 bits per heavy atom. The van der Waals surface area contributed by atoms with Crippen LogP contribution in [0.15, 0.2) is 30.3 Å². The van der Waals surface area contributed by atoms with Gasteiger partial charge in [0.1, 0.15) is 0 Å². The number of hydrogen-bond acceptors (Lipinski definition) is 2. The normalized spacial score (nSPS) is 28.8. The second-order valence-electron chi connectivity index (χ2n) is 5.61. The summed E-state index contributed by atoms with van der Waals surface area (Å²) in [5.74, 6) is 0.626. The molecule has 0 radical (unpaired) electrons. The Hall–Kier alpha value is -1.32. The molecule has 0 saturated carbocycles. The van der Waals surface area contributed by atoms with Crippen molar-refractivity contribution in [2.24, 2.45) is 5.92 Å².